The third-order valence-corrected chi connectivity index (χ3v) is 5.00. The highest BCUT2D eigenvalue weighted by atomic mass is 19.3. The molecule has 10 heteroatoms. The van der Waals surface area contributed by atoms with Crippen LogP contribution < -0.4 is 4.74 Å². The maximum atomic E-state index is 14.0. The van der Waals surface area contributed by atoms with Crippen molar-refractivity contribution in [3.05, 3.63) is 67.3 Å². The molecule has 1 aromatic heterocycles. The van der Waals surface area contributed by atoms with Gasteiger partial charge >= 0.3 is 23.7 Å². The van der Waals surface area contributed by atoms with E-state index < -0.39 is 37.0 Å². The van der Waals surface area contributed by atoms with Crippen molar-refractivity contribution in [2.24, 2.45) is 7.05 Å². The Labute approximate surface area is 185 Å². The summed E-state index contributed by atoms with van der Waals surface area (Å²) in [6.07, 6.45) is 0.442. The number of hydrogen-bond donors (Lipinski definition) is 0. The first-order valence-electron chi connectivity index (χ1n) is 9.60. The van der Waals surface area contributed by atoms with Crippen LogP contribution in [0.15, 0.2) is 67.3 Å². The van der Waals surface area contributed by atoms with Gasteiger partial charge in [-0.2, -0.15) is 26.3 Å². The summed E-state index contributed by atoms with van der Waals surface area (Å²) in [5.41, 5.74) is 2.48. The zero-order valence-corrected chi connectivity index (χ0v) is 17.3. The van der Waals surface area contributed by atoms with Crippen LogP contribution in [0.5, 0.6) is 5.75 Å². The largest absolute Gasteiger partial charge is 0.487 e. The number of esters is 1. The molecule has 1 heterocycles. The summed E-state index contributed by atoms with van der Waals surface area (Å²) in [5, 5.41) is 0.983. The molecule has 0 fully saturated rings. The predicted molar refractivity (Wildman–Crippen MR) is 110 cm³/mol. The van der Waals surface area contributed by atoms with E-state index in [0.29, 0.717) is 11.6 Å². The number of carbonyl (C=O) groups is 1. The van der Waals surface area contributed by atoms with E-state index in [1.165, 1.54) is 24.3 Å². The highest BCUT2D eigenvalue weighted by Gasteiger charge is 2.72. The molecule has 3 aromatic rings. The summed E-state index contributed by atoms with van der Waals surface area (Å²) in [6.45, 7) is -1.35. The third-order valence-electron chi connectivity index (χ3n) is 5.00. The smallest absolute Gasteiger partial charge is 0.378 e. The number of alkyl halides is 6. The number of nitrogens with zero attached hydrogens (tertiary/aromatic N) is 1. The van der Waals surface area contributed by atoms with E-state index in [1.807, 2.05) is 41.9 Å². The van der Waals surface area contributed by atoms with Gasteiger partial charge in [0, 0.05) is 29.7 Å². The third kappa shape index (κ3) is 4.69. The quantitative estimate of drug-likeness (QED) is 0.223. The van der Waals surface area contributed by atoms with Crippen molar-refractivity contribution in [3.8, 4) is 17.0 Å². The molecule has 3 rings (SSSR count). The van der Waals surface area contributed by atoms with Crippen molar-refractivity contribution in [3.63, 3.8) is 0 Å². The molecule has 0 radical (unpaired) electrons. The standard InChI is InChI=1S/C23H19F6NO3/c1-3-20(31)33-14-22(26,27)23(28,29)21(24,25)13-32-17-10-8-15(9-11-17)19-12-16-6-4-5-7-18(16)30(19)2/h3-12H,1,13-14H2,2H3. The predicted octanol–water partition coefficient (Wildman–Crippen LogP) is 5.86. The Kier molecular flexibility index (Phi) is 6.49. The van der Waals surface area contributed by atoms with Crippen LogP contribution in [-0.4, -0.2) is 41.5 Å². The average molecular weight is 471 g/mol. The molecule has 176 valence electrons. The fourth-order valence-corrected chi connectivity index (χ4v) is 3.13. The second-order valence-electron chi connectivity index (χ2n) is 7.26. The van der Waals surface area contributed by atoms with Gasteiger partial charge in [-0.3, -0.25) is 0 Å². The lowest BCUT2D eigenvalue weighted by molar-refractivity contribution is -0.322. The molecule has 0 aliphatic heterocycles. The number of halogens is 6. The summed E-state index contributed by atoms with van der Waals surface area (Å²) in [4.78, 5) is 10.8. The van der Waals surface area contributed by atoms with Crippen molar-refractivity contribution in [2.45, 2.75) is 17.8 Å². The number of benzene rings is 2. The first-order chi connectivity index (χ1) is 15.4. The number of carbonyl (C=O) groups excluding carboxylic acids is 1. The number of aryl methyl sites for hydroxylation is 1. The molecule has 0 spiro atoms. The lowest BCUT2D eigenvalue weighted by Crippen LogP contribution is -2.58. The van der Waals surface area contributed by atoms with E-state index in [0.717, 1.165) is 16.6 Å². The Balaban J connectivity index is 1.71. The molecule has 0 amide bonds. The average Bonchev–Trinajstić information content (AvgIpc) is 3.13. The fraction of sp³-hybridized carbons (Fsp3) is 0.261. The van der Waals surface area contributed by atoms with Crippen LogP contribution in [0.2, 0.25) is 0 Å². The molecule has 0 bridgehead atoms. The number of ether oxygens (including phenoxy) is 2. The van der Waals surface area contributed by atoms with E-state index in [9.17, 15) is 31.1 Å². The van der Waals surface area contributed by atoms with Crippen molar-refractivity contribution >= 4 is 16.9 Å². The Bertz CT molecular complexity index is 1150. The van der Waals surface area contributed by atoms with Crippen molar-refractivity contribution < 1.29 is 40.6 Å². The number of fused-ring (bicyclic) bond motifs is 1. The lowest BCUT2D eigenvalue weighted by atomic mass is 10.1. The maximum absolute atomic E-state index is 14.0. The van der Waals surface area contributed by atoms with Crippen LogP contribution in [0.1, 0.15) is 0 Å². The van der Waals surface area contributed by atoms with Crippen LogP contribution in [-0.2, 0) is 16.6 Å². The normalized spacial score (nSPS) is 12.6. The topological polar surface area (TPSA) is 40.5 Å². The van der Waals surface area contributed by atoms with E-state index in [-0.39, 0.29) is 5.75 Å². The van der Waals surface area contributed by atoms with Gasteiger partial charge < -0.3 is 14.0 Å². The summed E-state index contributed by atoms with van der Waals surface area (Å²) in [6, 6.07) is 15.1. The van der Waals surface area contributed by atoms with Gasteiger partial charge in [-0.1, -0.05) is 24.8 Å². The Morgan fingerprint density at radius 3 is 2.18 bits per heavy atom. The zero-order valence-electron chi connectivity index (χ0n) is 17.3. The van der Waals surface area contributed by atoms with E-state index in [1.54, 1.807) is 0 Å². The second-order valence-corrected chi connectivity index (χ2v) is 7.26. The molecule has 0 N–H and O–H groups in total. The maximum Gasteiger partial charge on any atom is 0.378 e. The molecule has 2 aromatic carbocycles. The number of aromatic nitrogens is 1. The highest BCUT2D eigenvalue weighted by molar-refractivity contribution is 5.87. The first-order valence-corrected chi connectivity index (χ1v) is 9.60. The molecule has 33 heavy (non-hydrogen) atoms. The van der Waals surface area contributed by atoms with Gasteiger partial charge in [-0.25, -0.2) is 4.79 Å². The van der Waals surface area contributed by atoms with Gasteiger partial charge in [0.15, 0.2) is 13.2 Å². The molecule has 0 saturated heterocycles. The minimum atomic E-state index is -5.84. The monoisotopic (exact) mass is 471 g/mol. The molecular formula is C23H19F6NO3. The van der Waals surface area contributed by atoms with Crippen LogP contribution >= 0.6 is 0 Å². The second kappa shape index (κ2) is 8.84. The van der Waals surface area contributed by atoms with Crippen LogP contribution in [0, 0.1) is 0 Å². The summed E-state index contributed by atoms with van der Waals surface area (Å²) in [5.74, 6) is -18.1. The van der Waals surface area contributed by atoms with Gasteiger partial charge in [0.2, 0.25) is 0 Å². The van der Waals surface area contributed by atoms with Crippen LogP contribution in [0.25, 0.3) is 22.2 Å². The highest BCUT2D eigenvalue weighted by Crippen LogP contribution is 2.46. The minimum Gasteiger partial charge on any atom is -0.487 e. The molecule has 4 nitrogen and oxygen atoms in total. The summed E-state index contributed by atoms with van der Waals surface area (Å²) in [7, 11) is 1.84. The van der Waals surface area contributed by atoms with E-state index >= 15 is 0 Å². The zero-order chi connectivity index (χ0) is 24.4. The molecule has 0 aliphatic rings. The molecule has 0 saturated carbocycles. The Morgan fingerprint density at radius 1 is 0.970 bits per heavy atom. The molecule has 0 atom stereocenters. The summed E-state index contributed by atoms with van der Waals surface area (Å²) >= 11 is 0. The SMILES string of the molecule is C=CC(=O)OCC(F)(F)C(F)(F)C(F)(F)COc1ccc(-c2cc3ccccc3n2C)cc1. The van der Waals surface area contributed by atoms with Gasteiger partial charge in [-0.15, -0.1) is 0 Å². The van der Waals surface area contributed by atoms with Crippen LogP contribution in [0.4, 0.5) is 26.3 Å². The van der Waals surface area contributed by atoms with Crippen LogP contribution in [0.3, 0.4) is 0 Å². The summed E-state index contributed by atoms with van der Waals surface area (Å²) < 4.78 is 93.5. The number of hydrogen-bond acceptors (Lipinski definition) is 3. The first kappa shape index (κ1) is 24.2. The van der Waals surface area contributed by atoms with Gasteiger partial charge in [0.1, 0.15) is 5.75 Å². The Morgan fingerprint density at radius 2 is 1.58 bits per heavy atom. The van der Waals surface area contributed by atoms with E-state index in [4.69, 9.17) is 0 Å². The van der Waals surface area contributed by atoms with Gasteiger partial charge in [-0.05, 0) is 42.0 Å². The molecule has 0 unspecified atom stereocenters. The fourth-order valence-electron chi connectivity index (χ4n) is 3.13. The van der Waals surface area contributed by atoms with Crippen molar-refractivity contribution in [1.82, 2.24) is 4.57 Å². The minimum absolute atomic E-state index is 0.214. The van der Waals surface area contributed by atoms with Crippen molar-refractivity contribution in [2.75, 3.05) is 13.2 Å². The van der Waals surface area contributed by atoms with E-state index in [2.05, 4.69) is 16.1 Å². The number of rotatable bonds is 9. The molecule has 0 aliphatic carbocycles. The Hall–Kier alpha value is -3.43. The molecular weight excluding hydrogens is 452 g/mol. The number of para-hydroxylation sites is 1. The lowest BCUT2D eigenvalue weighted by Gasteiger charge is -2.32. The van der Waals surface area contributed by atoms with Gasteiger partial charge in [0.05, 0.1) is 0 Å². The van der Waals surface area contributed by atoms with Gasteiger partial charge in [0.25, 0.3) is 0 Å². The van der Waals surface area contributed by atoms with Crippen molar-refractivity contribution in [1.29, 1.82) is 0 Å².